The Morgan fingerprint density at radius 2 is 2.13 bits per heavy atom. The van der Waals surface area contributed by atoms with Crippen LogP contribution in [0.3, 0.4) is 0 Å². The highest BCUT2D eigenvalue weighted by Gasteiger charge is 2.17. The monoisotopic (exact) mass is 217 g/mol. The van der Waals surface area contributed by atoms with E-state index in [9.17, 15) is 4.79 Å². The quantitative estimate of drug-likeness (QED) is 0.575. The minimum absolute atomic E-state index is 0.394. The van der Waals surface area contributed by atoms with Gasteiger partial charge in [-0.3, -0.25) is 4.79 Å². The van der Waals surface area contributed by atoms with E-state index in [0.717, 1.165) is 6.42 Å². The zero-order valence-electron chi connectivity index (χ0n) is 9.95. The molecule has 0 rings (SSSR count). The first kappa shape index (κ1) is 14.4. The number of carbonyl (C=O) groups is 1. The second-order valence-electron chi connectivity index (χ2n) is 4.02. The van der Waals surface area contributed by atoms with Gasteiger partial charge in [-0.25, -0.2) is 0 Å². The highest BCUT2D eigenvalue weighted by Crippen LogP contribution is 2.04. The average Bonchev–Trinajstić information content (AvgIpc) is 2.15. The van der Waals surface area contributed by atoms with Gasteiger partial charge in [-0.1, -0.05) is 13.8 Å². The van der Waals surface area contributed by atoms with Crippen LogP contribution in [0.25, 0.3) is 0 Å². The molecule has 0 aliphatic rings. The lowest BCUT2D eigenvalue weighted by Gasteiger charge is -2.16. The lowest BCUT2D eigenvalue weighted by Crippen LogP contribution is -2.38. The topological polar surface area (TPSA) is 58.6 Å². The number of aliphatic carboxylic acids is 1. The van der Waals surface area contributed by atoms with Crippen LogP contribution in [0.5, 0.6) is 0 Å². The van der Waals surface area contributed by atoms with Gasteiger partial charge in [-0.2, -0.15) is 0 Å². The summed E-state index contributed by atoms with van der Waals surface area (Å²) in [5, 5.41) is 12.0. The normalized spacial score (nSPS) is 13.1. The molecule has 1 unspecified atom stereocenters. The minimum Gasteiger partial charge on any atom is -0.480 e. The van der Waals surface area contributed by atoms with E-state index in [0.29, 0.717) is 32.1 Å². The van der Waals surface area contributed by atoms with Gasteiger partial charge in [0.2, 0.25) is 0 Å². The van der Waals surface area contributed by atoms with Crippen molar-refractivity contribution in [1.82, 2.24) is 5.32 Å². The predicted molar refractivity (Wildman–Crippen MR) is 60.0 cm³/mol. The largest absolute Gasteiger partial charge is 0.480 e. The number of nitrogens with one attached hydrogen (secondary N) is 1. The third-order valence-corrected chi connectivity index (χ3v) is 2.07. The molecule has 0 aliphatic heterocycles. The summed E-state index contributed by atoms with van der Waals surface area (Å²) < 4.78 is 5.17. The summed E-state index contributed by atoms with van der Waals surface area (Å²) in [6, 6.07) is -0.424. The number of hydrogen-bond acceptors (Lipinski definition) is 3. The summed E-state index contributed by atoms with van der Waals surface area (Å²) in [7, 11) is 0. The Bertz CT molecular complexity index is 171. The average molecular weight is 217 g/mol. The van der Waals surface area contributed by atoms with E-state index < -0.39 is 12.0 Å². The van der Waals surface area contributed by atoms with Gasteiger partial charge in [0.05, 0.1) is 0 Å². The molecule has 0 aliphatic carbocycles. The Balaban J connectivity index is 3.62. The fraction of sp³-hybridized carbons (Fsp3) is 0.909. The third kappa shape index (κ3) is 8.39. The molecule has 4 heteroatoms. The van der Waals surface area contributed by atoms with Crippen molar-refractivity contribution >= 4 is 5.97 Å². The number of rotatable bonds is 9. The van der Waals surface area contributed by atoms with Crippen LogP contribution < -0.4 is 5.32 Å². The van der Waals surface area contributed by atoms with Gasteiger partial charge in [0.15, 0.2) is 0 Å². The van der Waals surface area contributed by atoms with Crippen molar-refractivity contribution in [2.24, 2.45) is 5.92 Å². The van der Waals surface area contributed by atoms with E-state index in [1.54, 1.807) is 0 Å². The molecule has 0 saturated carbocycles. The Hall–Kier alpha value is -0.610. The smallest absolute Gasteiger partial charge is 0.320 e. The van der Waals surface area contributed by atoms with Crippen LogP contribution in [0, 0.1) is 5.92 Å². The molecule has 15 heavy (non-hydrogen) atoms. The van der Waals surface area contributed by atoms with Crippen LogP contribution >= 0.6 is 0 Å². The van der Waals surface area contributed by atoms with Crippen molar-refractivity contribution in [2.75, 3.05) is 19.8 Å². The van der Waals surface area contributed by atoms with Crippen molar-refractivity contribution in [3.8, 4) is 0 Å². The van der Waals surface area contributed by atoms with Crippen molar-refractivity contribution < 1.29 is 14.6 Å². The molecule has 2 N–H and O–H groups in total. The van der Waals surface area contributed by atoms with Gasteiger partial charge in [-0.05, 0) is 32.2 Å². The number of hydrogen-bond donors (Lipinski definition) is 2. The fourth-order valence-electron chi connectivity index (χ4n) is 1.34. The summed E-state index contributed by atoms with van der Waals surface area (Å²) in [5.74, 6) is -0.370. The minimum atomic E-state index is -0.764. The van der Waals surface area contributed by atoms with Gasteiger partial charge < -0.3 is 15.2 Å². The van der Waals surface area contributed by atoms with E-state index in [1.807, 2.05) is 20.8 Å². The van der Waals surface area contributed by atoms with Gasteiger partial charge in [0.25, 0.3) is 0 Å². The standard InChI is InChI=1S/C11H23NO3/c1-4-15-7-5-6-12-10(11(13)14)8-9(2)3/h9-10,12H,4-8H2,1-3H3,(H,13,14). The van der Waals surface area contributed by atoms with Gasteiger partial charge in [0, 0.05) is 13.2 Å². The molecule has 1 atom stereocenters. The molecule has 0 radical (unpaired) electrons. The first-order valence-electron chi connectivity index (χ1n) is 5.61. The Morgan fingerprint density at radius 3 is 2.60 bits per heavy atom. The van der Waals surface area contributed by atoms with Crippen molar-refractivity contribution in [1.29, 1.82) is 0 Å². The molecule has 0 amide bonds. The van der Waals surface area contributed by atoms with Crippen molar-refractivity contribution in [3.63, 3.8) is 0 Å². The van der Waals surface area contributed by atoms with E-state index in [4.69, 9.17) is 9.84 Å². The molecular formula is C11H23NO3. The van der Waals surface area contributed by atoms with Crippen LogP contribution in [0.15, 0.2) is 0 Å². The summed E-state index contributed by atoms with van der Waals surface area (Å²) >= 11 is 0. The summed E-state index contributed by atoms with van der Waals surface area (Å²) in [4.78, 5) is 10.9. The summed E-state index contributed by atoms with van der Waals surface area (Å²) in [6.45, 7) is 8.11. The zero-order valence-corrected chi connectivity index (χ0v) is 9.95. The molecule has 0 aromatic heterocycles. The van der Waals surface area contributed by atoms with Crippen LogP contribution in [-0.4, -0.2) is 36.9 Å². The van der Waals surface area contributed by atoms with Gasteiger partial charge in [0.1, 0.15) is 6.04 Å². The van der Waals surface area contributed by atoms with Crippen LogP contribution in [-0.2, 0) is 9.53 Å². The molecular weight excluding hydrogens is 194 g/mol. The maximum Gasteiger partial charge on any atom is 0.320 e. The fourth-order valence-corrected chi connectivity index (χ4v) is 1.34. The Morgan fingerprint density at radius 1 is 1.47 bits per heavy atom. The molecule has 0 heterocycles. The second-order valence-corrected chi connectivity index (χ2v) is 4.02. The Labute approximate surface area is 92.0 Å². The first-order valence-corrected chi connectivity index (χ1v) is 5.61. The molecule has 0 fully saturated rings. The van der Waals surface area contributed by atoms with Crippen LogP contribution in [0.1, 0.15) is 33.6 Å². The van der Waals surface area contributed by atoms with E-state index >= 15 is 0 Å². The highest BCUT2D eigenvalue weighted by atomic mass is 16.5. The van der Waals surface area contributed by atoms with Crippen LogP contribution in [0.4, 0.5) is 0 Å². The summed E-state index contributed by atoms with van der Waals surface area (Å²) in [6.07, 6.45) is 1.53. The van der Waals surface area contributed by atoms with Crippen LogP contribution in [0.2, 0.25) is 0 Å². The van der Waals surface area contributed by atoms with Crippen molar-refractivity contribution in [2.45, 2.75) is 39.7 Å². The van der Waals surface area contributed by atoms with E-state index in [2.05, 4.69) is 5.32 Å². The van der Waals surface area contributed by atoms with E-state index in [-0.39, 0.29) is 0 Å². The highest BCUT2D eigenvalue weighted by molar-refractivity contribution is 5.73. The molecule has 0 aromatic carbocycles. The molecule has 4 nitrogen and oxygen atoms in total. The van der Waals surface area contributed by atoms with Gasteiger partial charge in [-0.15, -0.1) is 0 Å². The molecule has 0 spiro atoms. The lowest BCUT2D eigenvalue weighted by atomic mass is 10.0. The molecule has 0 aromatic rings. The molecule has 0 bridgehead atoms. The van der Waals surface area contributed by atoms with E-state index in [1.165, 1.54) is 0 Å². The van der Waals surface area contributed by atoms with Gasteiger partial charge >= 0.3 is 5.97 Å². The third-order valence-electron chi connectivity index (χ3n) is 2.07. The zero-order chi connectivity index (χ0) is 11.7. The maximum atomic E-state index is 10.9. The SMILES string of the molecule is CCOCCCNC(CC(C)C)C(=O)O. The second kappa shape index (κ2) is 8.68. The lowest BCUT2D eigenvalue weighted by molar-refractivity contribution is -0.139. The number of ether oxygens (including phenoxy) is 1. The van der Waals surface area contributed by atoms with Crippen molar-refractivity contribution in [3.05, 3.63) is 0 Å². The summed E-state index contributed by atoms with van der Waals surface area (Å²) in [5.41, 5.74) is 0. The first-order chi connectivity index (χ1) is 7.07. The number of carboxylic acid groups (broad SMARTS) is 1. The number of carboxylic acids is 1. The maximum absolute atomic E-state index is 10.9. The molecule has 90 valence electrons. The predicted octanol–water partition coefficient (Wildman–Crippen LogP) is 1.50. The Kier molecular flexibility index (Phi) is 8.33. The molecule has 0 saturated heterocycles.